The van der Waals surface area contributed by atoms with Crippen molar-refractivity contribution < 1.29 is 9.84 Å². The van der Waals surface area contributed by atoms with Gasteiger partial charge in [0.25, 0.3) is 0 Å². The average Bonchev–Trinajstić information content (AvgIpc) is 2.02. The van der Waals surface area contributed by atoms with E-state index < -0.39 is 0 Å². The summed E-state index contributed by atoms with van der Waals surface area (Å²) in [6.45, 7) is 1.41. The molecule has 0 unspecified atom stereocenters. The van der Waals surface area contributed by atoms with Gasteiger partial charge in [0.05, 0.1) is 6.61 Å². The lowest BCUT2D eigenvalue weighted by molar-refractivity contribution is 0.155. The number of hydrogen-bond acceptors (Lipinski definition) is 2. The van der Waals surface area contributed by atoms with Gasteiger partial charge in [0.15, 0.2) is 0 Å². The Bertz CT molecular complexity index is 122. The maximum Gasteiger partial charge on any atom is 0.105 e. The summed E-state index contributed by atoms with van der Waals surface area (Å²) in [6.07, 6.45) is 4.41. The highest BCUT2D eigenvalue weighted by molar-refractivity contribution is 6.55. The molecule has 0 radical (unpaired) electrons. The normalized spacial score (nSPS) is 9.92. The van der Waals surface area contributed by atoms with Gasteiger partial charge >= 0.3 is 0 Å². The molecule has 0 aromatic carbocycles. The molecule has 0 aromatic heterocycles. The Morgan fingerprint density at radius 2 is 2.00 bits per heavy atom. The van der Waals surface area contributed by atoms with Crippen molar-refractivity contribution in [3.05, 3.63) is 10.6 Å². The lowest BCUT2D eigenvalue weighted by Crippen LogP contribution is -1.95. The first-order valence-corrected chi connectivity index (χ1v) is 4.72. The maximum absolute atomic E-state index is 8.46. The number of hydrogen-bond donors (Lipinski definition) is 1. The molecule has 0 saturated heterocycles. The summed E-state index contributed by atoms with van der Waals surface area (Å²) < 4.78 is 5.41. The minimum atomic E-state index is 0.241. The molecule has 1 N–H and O–H groups in total. The summed E-state index contributed by atoms with van der Waals surface area (Å²) in [5.74, 6) is 0. The molecular weight excluding hydrogens is 199 g/mol. The molecule has 0 atom stereocenters. The van der Waals surface area contributed by atoms with Gasteiger partial charge in [-0.15, -0.1) is 0 Å². The predicted octanol–water partition coefficient (Wildman–Crippen LogP) is 2.48. The average molecular weight is 213 g/mol. The van der Waals surface area contributed by atoms with E-state index in [-0.39, 0.29) is 11.1 Å². The van der Waals surface area contributed by atoms with Crippen LogP contribution in [-0.2, 0) is 4.74 Å². The topological polar surface area (TPSA) is 29.5 Å². The maximum atomic E-state index is 8.46. The summed E-state index contributed by atoms with van der Waals surface area (Å²) in [6, 6.07) is 0. The Morgan fingerprint density at radius 3 is 2.58 bits per heavy atom. The molecule has 0 bridgehead atoms. The molecule has 0 aromatic rings. The standard InChI is InChI=1S/C8H14Cl2O2/c9-8(10)4-7-12-6-3-1-2-5-11/h4,11H,1-3,5-7H2. The van der Waals surface area contributed by atoms with Crippen molar-refractivity contribution in [2.24, 2.45) is 0 Å². The van der Waals surface area contributed by atoms with Gasteiger partial charge in [0, 0.05) is 13.2 Å². The Balaban J connectivity index is 2.96. The molecule has 0 saturated carbocycles. The zero-order valence-electron chi connectivity index (χ0n) is 6.93. The van der Waals surface area contributed by atoms with Gasteiger partial charge in [-0.1, -0.05) is 23.2 Å². The molecule has 2 nitrogen and oxygen atoms in total. The van der Waals surface area contributed by atoms with Crippen molar-refractivity contribution in [1.82, 2.24) is 0 Å². The second-order valence-electron chi connectivity index (χ2n) is 2.35. The molecular formula is C8H14Cl2O2. The van der Waals surface area contributed by atoms with Crippen LogP contribution in [0.3, 0.4) is 0 Å². The van der Waals surface area contributed by atoms with E-state index in [1.807, 2.05) is 0 Å². The molecule has 0 spiro atoms. The van der Waals surface area contributed by atoms with E-state index in [4.69, 9.17) is 33.0 Å². The lowest BCUT2D eigenvalue weighted by Gasteiger charge is -1.99. The highest BCUT2D eigenvalue weighted by Gasteiger charge is 1.88. The van der Waals surface area contributed by atoms with Crippen LogP contribution >= 0.6 is 23.2 Å². The first-order valence-electron chi connectivity index (χ1n) is 3.97. The quantitative estimate of drug-likeness (QED) is 0.658. The predicted molar refractivity (Wildman–Crippen MR) is 51.5 cm³/mol. The van der Waals surface area contributed by atoms with Crippen LogP contribution in [0.2, 0.25) is 0 Å². The minimum Gasteiger partial charge on any atom is -0.396 e. The summed E-state index contributed by atoms with van der Waals surface area (Å²) in [7, 11) is 0. The molecule has 12 heavy (non-hydrogen) atoms. The third-order valence-corrected chi connectivity index (χ3v) is 1.61. The number of aliphatic hydroxyl groups is 1. The second kappa shape index (κ2) is 9.33. The third kappa shape index (κ3) is 10.2. The fraction of sp³-hybridized carbons (Fsp3) is 0.750. The summed E-state index contributed by atoms with van der Waals surface area (Å²) in [5.41, 5.74) is 0. The van der Waals surface area contributed by atoms with Gasteiger partial charge in [0.1, 0.15) is 4.49 Å². The van der Waals surface area contributed by atoms with Crippen molar-refractivity contribution in [2.75, 3.05) is 19.8 Å². The van der Waals surface area contributed by atoms with E-state index in [0.717, 1.165) is 19.3 Å². The first-order chi connectivity index (χ1) is 5.77. The molecule has 0 amide bonds. The minimum absolute atomic E-state index is 0.241. The Morgan fingerprint density at radius 1 is 1.25 bits per heavy atom. The van der Waals surface area contributed by atoms with E-state index in [1.54, 1.807) is 6.08 Å². The number of halogens is 2. The molecule has 72 valence electrons. The monoisotopic (exact) mass is 212 g/mol. The fourth-order valence-corrected chi connectivity index (χ4v) is 0.824. The summed E-state index contributed by atoms with van der Waals surface area (Å²) in [5, 5.41) is 8.46. The van der Waals surface area contributed by atoms with Crippen LogP contribution in [0.15, 0.2) is 10.6 Å². The Hall–Kier alpha value is 0.240. The number of aliphatic hydroxyl groups excluding tert-OH is 1. The van der Waals surface area contributed by atoms with Crippen LogP contribution in [0.1, 0.15) is 19.3 Å². The molecule has 0 aliphatic carbocycles. The molecule has 0 heterocycles. The van der Waals surface area contributed by atoms with Crippen LogP contribution < -0.4 is 0 Å². The molecule has 0 aliphatic heterocycles. The number of rotatable bonds is 7. The van der Waals surface area contributed by atoms with E-state index in [2.05, 4.69) is 0 Å². The van der Waals surface area contributed by atoms with Crippen molar-refractivity contribution in [3.8, 4) is 0 Å². The zero-order valence-corrected chi connectivity index (χ0v) is 8.44. The van der Waals surface area contributed by atoms with E-state index >= 15 is 0 Å². The van der Waals surface area contributed by atoms with Gasteiger partial charge in [-0.2, -0.15) is 0 Å². The van der Waals surface area contributed by atoms with Crippen molar-refractivity contribution in [3.63, 3.8) is 0 Å². The first kappa shape index (κ1) is 12.2. The van der Waals surface area contributed by atoms with E-state index in [0.29, 0.717) is 13.2 Å². The molecule has 0 aliphatic rings. The van der Waals surface area contributed by atoms with E-state index in [1.165, 1.54) is 0 Å². The van der Waals surface area contributed by atoms with Gasteiger partial charge in [-0.05, 0) is 25.3 Å². The van der Waals surface area contributed by atoms with Gasteiger partial charge in [-0.3, -0.25) is 0 Å². The zero-order chi connectivity index (χ0) is 9.23. The Labute approximate surface area is 83.1 Å². The second-order valence-corrected chi connectivity index (χ2v) is 3.36. The van der Waals surface area contributed by atoms with Crippen LogP contribution in [0.5, 0.6) is 0 Å². The van der Waals surface area contributed by atoms with Gasteiger partial charge in [0.2, 0.25) is 0 Å². The van der Waals surface area contributed by atoms with Crippen LogP contribution in [-0.4, -0.2) is 24.9 Å². The fourth-order valence-electron chi connectivity index (χ4n) is 0.698. The van der Waals surface area contributed by atoms with Crippen LogP contribution in [0.4, 0.5) is 0 Å². The Kier molecular flexibility index (Phi) is 9.52. The van der Waals surface area contributed by atoms with Gasteiger partial charge in [-0.25, -0.2) is 0 Å². The molecule has 0 rings (SSSR count). The smallest absolute Gasteiger partial charge is 0.105 e. The third-order valence-electron chi connectivity index (χ3n) is 1.30. The highest BCUT2D eigenvalue weighted by Crippen LogP contribution is 2.05. The number of unbranched alkanes of at least 4 members (excludes halogenated alkanes) is 2. The number of ether oxygens (including phenoxy) is 1. The summed E-state index contributed by atoms with van der Waals surface area (Å²) >= 11 is 10.7. The lowest BCUT2D eigenvalue weighted by atomic mass is 10.2. The van der Waals surface area contributed by atoms with Crippen LogP contribution in [0.25, 0.3) is 0 Å². The van der Waals surface area contributed by atoms with E-state index in [9.17, 15) is 0 Å². The van der Waals surface area contributed by atoms with Crippen molar-refractivity contribution >= 4 is 23.2 Å². The molecule has 0 fully saturated rings. The molecule has 4 heteroatoms. The highest BCUT2D eigenvalue weighted by atomic mass is 35.5. The SMILES string of the molecule is OCCCCCOCC=C(Cl)Cl. The largest absolute Gasteiger partial charge is 0.396 e. The van der Waals surface area contributed by atoms with Crippen molar-refractivity contribution in [2.45, 2.75) is 19.3 Å². The van der Waals surface area contributed by atoms with Crippen molar-refractivity contribution in [1.29, 1.82) is 0 Å². The van der Waals surface area contributed by atoms with Crippen LogP contribution in [0, 0.1) is 0 Å². The van der Waals surface area contributed by atoms with Gasteiger partial charge < -0.3 is 9.84 Å². The summed E-state index contributed by atoms with van der Waals surface area (Å²) in [4.78, 5) is 0.